The average molecular weight is 265 g/mol. The Labute approximate surface area is 116 Å². The topological polar surface area (TPSA) is 51.0 Å². The Morgan fingerprint density at radius 2 is 2.21 bits per heavy atom. The van der Waals surface area contributed by atoms with E-state index >= 15 is 0 Å². The quantitative estimate of drug-likeness (QED) is 0.822. The molecule has 19 heavy (non-hydrogen) atoms. The van der Waals surface area contributed by atoms with E-state index in [1.54, 1.807) is 0 Å². The molecular formula is C15H27N3O. The van der Waals surface area contributed by atoms with Crippen LogP contribution in [0.15, 0.2) is 4.52 Å². The average Bonchev–Trinajstić information content (AvgIpc) is 3.03. The van der Waals surface area contributed by atoms with Crippen molar-refractivity contribution in [3.8, 4) is 0 Å². The molecule has 2 rings (SSSR count). The molecule has 1 aromatic heterocycles. The zero-order valence-corrected chi connectivity index (χ0v) is 12.5. The molecule has 0 radical (unpaired) electrons. The molecular weight excluding hydrogens is 238 g/mol. The minimum absolute atomic E-state index is 0.454. The van der Waals surface area contributed by atoms with Crippen LogP contribution in [0.2, 0.25) is 0 Å². The lowest BCUT2D eigenvalue weighted by Crippen LogP contribution is -2.31. The van der Waals surface area contributed by atoms with E-state index in [1.807, 2.05) is 0 Å². The third-order valence-corrected chi connectivity index (χ3v) is 4.14. The van der Waals surface area contributed by atoms with Crippen LogP contribution in [0.25, 0.3) is 0 Å². The number of nitrogens with one attached hydrogen (secondary N) is 1. The van der Waals surface area contributed by atoms with E-state index in [2.05, 4.69) is 36.2 Å². The molecule has 1 aromatic rings. The molecule has 0 aliphatic heterocycles. The van der Waals surface area contributed by atoms with Gasteiger partial charge in [0.1, 0.15) is 0 Å². The van der Waals surface area contributed by atoms with Gasteiger partial charge >= 0.3 is 0 Å². The number of hydrogen-bond donors (Lipinski definition) is 1. The highest BCUT2D eigenvalue weighted by molar-refractivity contribution is 5.00. The highest BCUT2D eigenvalue weighted by Gasteiger charge is 2.27. The molecule has 1 N–H and O–H groups in total. The highest BCUT2D eigenvalue weighted by atomic mass is 16.5. The van der Waals surface area contributed by atoms with E-state index in [9.17, 15) is 0 Å². The van der Waals surface area contributed by atoms with Gasteiger partial charge in [-0.1, -0.05) is 25.9 Å². The Kier molecular flexibility index (Phi) is 5.37. The van der Waals surface area contributed by atoms with Crippen LogP contribution in [0, 0.1) is 5.92 Å². The minimum Gasteiger partial charge on any atom is -0.339 e. The van der Waals surface area contributed by atoms with Gasteiger partial charge in [0.2, 0.25) is 5.89 Å². The number of rotatable bonds is 7. The molecule has 0 aromatic carbocycles. The summed E-state index contributed by atoms with van der Waals surface area (Å²) in [6.45, 7) is 7.75. The van der Waals surface area contributed by atoms with Crippen LogP contribution >= 0.6 is 0 Å². The van der Waals surface area contributed by atoms with Gasteiger partial charge < -0.3 is 9.84 Å². The zero-order chi connectivity index (χ0) is 13.7. The second-order valence-electron chi connectivity index (χ2n) is 5.92. The van der Waals surface area contributed by atoms with Gasteiger partial charge in [0.15, 0.2) is 5.82 Å². The fraction of sp³-hybridized carbons (Fsp3) is 0.867. The zero-order valence-electron chi connectivity index (χ0n) is 12.5. The molecule has 1 aliphatic carbocycles. The maximum Gasteiger partial charge on any atom is 0.228 e. The molecule has 108 valence electrons. The van der Waals surface area contributed by atoms with E-state index in [1.165, 1.54) is 19.3 Å². The molecule has 0 bridgehead atoms. The first-order valence-electron chi connectivity index (χ1n) is 7.78. The maximum atomic E-state index is 5.42. The molecule has 3 atom stereocenters. The first kappa shape index (κ1) is 14.5. The number of nitrogens with zero attached hydrogens (tertiary/aromatic N) is 2. The van der Waals surface area contributed by atoms with Crippen molar-refractivity contribution < 1.29 is 4.52 Å². The van der Waals surface area contributed by atoms with E-state index in [0.717, 1.165) is 43.4 Å². The van der Waals surface area contributed by atoms with Crippen molar-refractivity contribution in [2.75, 3.05) is 6.54 Å². The first-order valence-corrected chi connectivity index (χ1v) is 7.78. The molecule has 1 heterocycles. The maximum absolute atomic E-state index is 5.42. The fourth-order valence-electron chi connectivity index (χ4n) is 2.88. The Balaban J connectivity index is 1.89. The van der Waals surface area contributed by atoms with Gasteiger partial charge in [0.05, 0.1) is 0 Å². The van der Waals surface area contributed by atoms with Gasteiger partial charge in [-0.3, -0.25) is 0 Å². The molecule has 0 amide bonds. The van der Waals surface area contributed by atoms with Crippen LogP contribution in [-0.4, -0.2) is 22.7 Å². The van der Waals surface area contributed by atoms with Crippen LogP contribution in [0.1, 0.15) is 70.5 Å². The van der Waals surface area contributed by atoms with Gasteiger partial charge in [-0.25, -0.2) is 0 Å². The van der Waals surface area contributed by atoms with Crippen molar-refractivity contribution in [1.82, 2.24) is 15.5 Å². The summed E-state index contributed by atoms with van der Waals surface area (Å²) in [5, 5.41) is 7.71. The van der Waals surface area contributed by atoms with Crippen molar-refractivity contribution in [1.29, 1.82) is 0 Å². The smallest absolute Gasteiger partial charge is 0.228 e. The molecule has 0 saturated heterocycles. The predicted octanol–water partition coefficient (Wildman–Crippen LogP) is 3.29. The van der Waals surface area contributed by atoms with Crippen molar-refractivity contribution in [3.05, 3.63) is 11.7 Å². The highest BCUT2D eigenvalue weighted by Crippen LogP contribution is 2.36. The molecule has 0 spiro atoms. The molecule has 1 fully saturated rings. The SMILES string of the molecule is CCCNC(CC)Cc1nc(C2CCC(C)C2)no1. The Morgan fingerprint density at radius 3 is 2.84 bits per heavy atom. The number of aromatic nitrogens is 2. The van der Waals surface area contributed by atoms with E-state index in [4.69, 9.17) is 4.52 Å². The second kappa shape index (κ2) is 7.04. The number of hydrogen-bond acceptors (Lipinski definition) is 4. The Bertz CT molecular complexity index is 377. The van der Waals surface area contributed by atoms with Crippen molar-refractivity contribution in [2.45, 2.75) is 71.3 Å². The molecule has 1 saturated carbocycles. The summed E-state index contributed by atoms with van der Waals surface area (Å²) < 4.78 is 5.42. The van der Waals surface area contributed by atoms with Gasteiger partial charge in [-0.15, -0.1) is 0 Å². The second-order valence-corrected chi connectivity index (χ2v) is 5.92. The van der Waals surface area contributed by atoms with Crippen LogP contribution in [-0.2, 0) is 6.42 Å². The summed E-state index contributed by atoms with van der Waals surface area (Å²) in [5.74, 6) is 3.06. The van der Waals surface area contributed by atoms with Crippen molar-refractivity contribution >= 4 is 0 Å². The largest absolute Gasteiger partial charge is 0.339 e. The lowest BCUT2D eigenvalue weighted by atomic mass is 10.1. The third kappa shape index (κ3) is 4.03. The molecule has 4 heteroatoms. The summed E-state index contributed by atoms with van der Waals surface area (Å²) in [6, 6.07) is 0.454. The van der Waals surface area contributed by atoms with E-state index in [0.29, 0.717) is 12.0 Å². The Morgan fingerprint density at radius 1 is 1.37 bits per heavy atom. The predicted molar refractivity (Wildman–Crippen MR) is 76.1 cm³/mol. The van der Waals surface area contributed by atoms with Gasteiger partial charge in [-0.2, -0.15) is 4.98 Å². The molecule has 1 aliphatic rings. The first-order chi connectivity index (χ1) is 9.22. The van der Waals surface area contributed by atoms with Gasteiger partial charge in [0.25, 0.3) is 0 Å². The van der Waals surface area contributed by atoms with E-state index in [-0.39, 0.29) is 0 Å². The van der Waals surface area contributed by atoms with Crippen LogP contribution in [0.4, 0.5) is 0 Å². The van der Waals surface area contributed by atoms with Crippen molar-refractivity contribution in [3.63, 3.8) is 0 Å². The summed E-state index contributed by atoms with van der Waals surface area (Å²) >= 11 is 0. The van der Waals surface area contributed by atoms with Crippen LogP contribution in [0.3, 0.4) is 0 Å². The lowest BCUT2D eigenvalue weighted by molar-refractivity contribution is 0.348. The Hall–Kier alpha value is -0.900. The fourth-order valence-corrected chi connectivity index (χ4v) is 2.88. The van der Waals surface area contributed by atoms with E-state index < -0.39 is 0 Å². The summed E-state index contributed by atoms with van der Waals surface area (Å²) in [7, 11) is 0. The summed E-state index contributed by atoms with van der Waals surface area (Å²) in [6.07, 6.45) is 6.83. The summed E-state index contributed by atoms with van der Waals surface area (Å²) in [4.78, 5) is 4.60. The third-order valence-electron chi connectivity index (χ3n) is 4.14. The lowest BCUT2D eigenvalue weighted by Gasteiger charge is -2.13. The normalized spacial score (nSPS) is 24.8. The minimum atomic E-state index is 0.454. The molecule has 4 nitrogen and oxygen atoms in total. The monoisotopic (exact) mass is 265 g/mol. The standard InChI is InChI=1S/C15H27N3O/c1-4-8-16-13(5-2)10-14-17-15(18-19-14)12-7-6-11(3)9-12/h11-13,16H,4-10H2,1-3H3. The van der Waals surface area contributed by atoms with Gasteiger partial charge in [0, 0.05) is 18.4 Å². The van der Waals surface area contributed by atoms with Gasteiger partial charge in [-0.05, 0) is 44.6 Å². The summed E-state index contributed by atoms with van der Waals surface area (Å²) in [5.41, 5.74) is 0. The van der Waals surface area contributed by atoms with Crippen LogP contribution in [0.5, 0.6) is 0 Å². The van der Waals surface area contributed by atoms with Crippen LogP contribution < -0.4 is 5.32 Å². The van der Waals surface area contributed by atoms with Crippen molar-refractivity contribution in [2.24, 2.45) is 5.92 Å². The molecule has 3 unspecified atom stereocenters.